The molecule has 0 radical (unpaired) electrons. The molecule has 6 nitrogen and oxygen atoms in total. The van der Waals surface area contributed by atoms with Crippen LogP contribution in [-0.4, -0.2) is 44.3 Å². The highest BCUT2D eigenvalue weighted by Gasteiger charge is 2.32. The second kappa shape index (κ2) is 9.37. The van der Waals surface area contributed by atoms with Gasteiger partial charge in [-0.25, -0.2) is 8.42 Å². The molecule has 0 saturated carbocycles. The van der Waals surface area contributed by atoms with Gasteiger partial charge in [-0.1, -0.05) is 6.07 Å². The number of carbonyl (C=O) groups excluding carboxylic acids is 1. The molecule has 1 amide bonds. The summed E-state index contributed by atoms with van der Waals surface area (Å²) in [5, 5.41) is 2.89. The summed E-state index contributed by atoms with van der Waals surface area (Å²) in [7, 11) is -3.49. The Morgan fingerprint density at radius 3 is 2.48 bits per heavy atom. The highest BCUT2D eigenvalue weighted by atomic mass is 35.5. The number of hydrogen-bond donors (Lipinski definition) is 2. The fourth-order valence-corrected chi connectivity index (χ4v) is 5.32. The van der Waals surface area contributed by atoms with E-state index >= 15 is 0 Å². The molecule has 2 aliphatic rings. The van der Waals surface area contributed by atoms with Crippen molar-refractivity contribution < 1.29 is 13.2 Å². The predicted octanol–water partition coefficient (Wildman–Crippen LogP) is 1.85. The zero-order chi connectivity index (χ0) is 18.7. The van der Waals surface area contributed by atoms with E-state index in [4.69, 9.17) is 5.73 Å². The number of piperidine rings is 1. The molecule has 0 unspecified atom stereocenters. The van der Waals surface area contributed by atoms with Crippen LogP contribution in [0.15, 0.2) is 23.1 Å². The zero-order valence-corrected chi connectivity index (χ0v) is 17.4. The van der Waals surface area contributed by atoms with E-state index in [2.05, 4.69) is 5.32 Å². The second-order valence-corrected chi connectivity index (χ2v) is 9.40. The molecule has 152 valence electrons. The quantitative estimate of drug-likeness (QED) is 0.767. The van der Waals surface area contributed by atoms with E-state index in [1.807, 2.05) is 19.1 Å². The number of amides is 1. The van der Waals surface area contributed by atoms with Gasteiger partial charge in [0.15, 0.2) is 0 Å². The molecule has 1 aliphatic carbocycles. The summed E-state index contributed by atoms with van der Waals surface area (Å²) >= 11 is 0. The number of halogens is 1. The standard InChI is InChI=1S/C19H29N3O3S.ClH/c1-14(13-20)21-19(23)16-8-10-22(11-9-16)26(24,25)18-7-6-15-4-2-3-5-17(15)12-18;/h6-7,12,14,16H,2-5,8-11,13,20H2,1H3,(H,21,23);1H/t14-;/m0./s1. The monoisotopic (exact) mass is 415 g/mol. The van der Waals surface area contributed by atoms with Gasteiger partial charge in [-0.15, -0.1) is 12.4 Å². The van der Waals surface area contributed by atoms with Crippen molar-refractivity contribution >= 4 is 28.3 Å². The number of rotatable bonds is 5. The van der Waals surface area contributed by atoms with Gasteiger partial charge in [0.2, 0.25) is 15.9 Å². The maximum Gasteiger partial charge on any atom is 0.243 e. The maximum absolute atomic E-state index is 13.0. The van der Waals surface area contributed by atoms with Crippen molar-refractivity contribution in [2.45, 2.75) is 56.4 Å². The maximum atomic E-state index is 13.0. The molecule has 1 aliphatic heterocycles. The number of hydrogen-bond acceptors (Lipinski definition) is 4. The zero-order valence-electron chi connectivity index (χ0n) is 15.8. The first-order valence-electron chi connectivity index (χ1n) is 9.54. The van der Waals surface area contributed by atoms with Crippen LogP contribution in [0, 0.1) is 5.92 Å². The first-order valence-corrected chi connectivity index (χ1v) is 11.0. The summed E-state index contributed by atoms with van der Waals surface area (Å²) in [4.78, 5) is 12.6. The molecule has 27 heavy (non-hydrogen) atoms. The summed E-state index contributed by atoms with van der Waals surface area (Å²) in [5.41, 5.74) is 7.99. The first kappa shape index (κ1) is 22.1. The van der Waals surface area contributed by atoms with Crippen molar-refractivity contribution in [3.8, 4) is 0 Å². The fraction of sp³-hybridized carbons (Fsp3) is 0.632. The van der Waals surface area contributed by atoms with Crippen molar-refractivity contribution in [3.05, 3.63) is 29.3 Å². The van der Waals surface area contributed by atoms with Crippen LogP contribution in [0.4, 0.5) is 0 Å². The van der Waals surface area contributed by atoms with Gasteiger partial charge in [0, 0.05) is 31.6 Å². The number of benzene rings is 1. The van der Waals surface area contributed by atoms with Gasteiger partial charge in [-0.3, -0.25) is 4.79 Å². The topological polar surface area (TPSA) is 92.5 Å². The average molecular weight is 416 g/mol. The lowest BCUT2D eigenvalue weighted by molar-refractivity contribution is -0.126. The minimum Gasteiger partial charge on any atom is -0.352 e. The lowest BCUT2D eigenvalue weighted by atomic mass is 9.92. The molecule has 0 spiro atoms. The van der Waals surface area contributed by atoms with Crippen LogP contribution in [0.2, 0.25) is 0 Å². The Labute approximate surface area is 168 Å². The molecular formula is C19H30ClN3O3S. The van der Waals surface area contributed by atoms with Gasteiger partial charge in [0.05, 0.1) is 4.90 Å². The number of aryl methyl sites for hydroxylation is 2. The summed E-state index contributed by atoms with van der Waals surface area (Å²) in [5.74, 6) is -0.159. The minimum absolute atomic E-state index is 0. The van der Waals surface area contributed by atoms with Crippen LogP contribution in [0.1, 0.15) is 43.7 Å². The van der Waals surface area contributed by atoms with E-state index in [1.165, 1.54) is 21.9 Å². The van der Waals surface area contributed by atoms with Crippen molar-refractivity contribution in [3.63, 3.8) is 0 Å². The Hall–Kier alpha value is -1.15. The summed E-state index contributed by atoms with van der Waals surface area (Å²) < 4.78 is 27.5. The van der Waals surface area contributed by atoms with Crippen LogP contribution in [0.3, 0.4) is 0 Å². The predicted molar refractivity (Wildman–Crippen MR) is 108 cm³/mol. The number of carbonyl (C=O) groups is 1. The van der Waals surface area contributed by atoms with Crippen LogP contribution < -0.4 is 11.1 Å². The third-order valence-electron chi connectivity index (χ3n) is 5.52. The molecule has 1 heterocycles. The smallest absolute Gasteiger partial charge is 0.243 e. The van der Waals surface area contributed by atoms with E-state index < -0.39 is 10.0 Å². The van der Waals surface area contributed by atoms with Crippen molar-refractivity contribution in [2.75, 3.05) is 19.6 Å². The number of nitrogens with zero attached hydrogens (tertiary/aromatic N) is 1. The van der Waals surface area contributed by atoms with E-state index in [-0.39, 0.29) is 30.3 Å². The van der Waals surface area contributed by atoms with Crippen LogP contribution in [-0.2, 0) is 27.7 Å². The second-order valence-electron chi connectivity index (χ2n) is 7.46. The summed E-state index contributed by atoms with van der Waals surface area (Å²) in [6.45, 7) is 3.04. The average Bonchev–Trinajstić information content (AvgIpc) is 2.67. The Bertz CT molecular complexity index is 761. The van der Waals surface area contributed by atoms with Crippen LogP contribution in [0.5, 0.6) is 0 Å². The molecule has 1 aromatic rings. The Kier molecular flexibility index (Phi) is 7.68. The highest BCUT2D eigenvalue weighted by molar-refractivity contribution is 7.89. The van der Waals surface area contributed by atoms with Crippen molar-refractivity contribution in [1.29, 1.82) is 0 Å². The van der Waals surface area contributed by atoms with Gasteiger partial charge in [-0.05, 0) is 68.7 Å². The molecule has 8 heteroatoms. The number of fused-ring (bicyclic) bond motifs is 1. The van der Waals surface area contributed by atoms with Gasteiger partial charge in [-0.2, -0.15) is 4.31 Å². The highest BCUT2D eigenvalue weighted by Crippen LogP contribution is 2.28. The third kappa shape index (κ3) is 5.02. The number of nitrogens with two attached hydrogens (primary N) is 1. The van der Waals surface area contributed by atoms with Gasteiger partial charge >= 0.3 is 0 Å². The van der Waals surface area contributed by atoms with E-state index in [1.54, 1.807) is 6.07 Å². The minimum atomic E-state index is -3.49. The van der Waals surface area contributed by atoms with Gasteiger partial charge < -0.3 is 11.1 Å². The van der Waals surface area contributed by atoms with Crippen LogP contribution in [0.25, 0.3) is 0 Å². The van der Waals surface area contributed by atoms with E-state index in [9.17, 15) is 13.2 Å². The SMILES string of the molecule is C[C@@H](CN)NC(=O)C1CCN(S(=O)(=O)c2ccc3c(c2)CCCC3)CC1.Cl. The molecule has 0 aromatic heterocycles. The molecule has 3 N–H and O–H groups in total. The first-order chi connectivity index (χ1) is 12.4. The fourth-order valence-electron chi connectivity index (χ4n) is 3.80. The lowest BCUT2D eigenvalue weighted by Crippen LogP contribution is -2.46. The van der Waals surface area contributed by atoms with Crippen LogP contribution >= 0.6 is 12.4 Å². The molecule has 3 rings (SSSR count). The Morgan fingerprint density at radius 1 is 1.22 bits per heavy atom. The molecular weight excluding hydrogens is 386 g/mol. The number of nitrogens with one attached hydrogen (secondary N) is 1. The molecule has 1 aromatic carbocycles. The molecule has 1 atom stereocenters. The van der Waals surface area contributed by atoms with E-state index in [0.717, 1.165) is 19.3 Å². The number of sulfonamides is 1. The largest absolute Gasteiger partial charge is 0.352 e. The van der Waals surface area contributed by atoms with E-state index in [0.29, 0.717) is 37.4 Å². The van der Waals surface area contributed by atoms with Gasteiger partial charge in [0.1, 0.15) is 0 Å². The summed E-state index contributed by atoms with van der Waals surface area (Å²) in [6, 6.07) is 5.50. The third-order valence-corrected chi connectivity index (χ3v) is 7.42. The van der Waals surface area contributed by atoms with Crippen molar-refractivity contribution in [2.24, 2.45) is 11.7 Å². The Morgan fingerprint density at radius 2 is 1.85 bits per heavy atom. The normalized spacial score (nSPS) is 19.6. The van der Waals surface area contributed by atoms with Gasteiger partial charge in [0.25, 0.3) is 0 Å². The molecule has 1 fully saturated rings. The molecule has 1 saturated heterocycles. The van der Waals surface area contributed by atoms with Crippen molar-refractivity contribution in [1.82, 2.24) is 9.62 Å². The summed E-state index contributed by atoms with van der Waals surface area (Å²) in [6.07, 6.45) is 5.40. The lowest BCUT2D eigenvalue weighted by Gasteiger charge is -2.31. The molecule has 0 bridgehead atoms. The Balaban J connectivity index is 0.00000261.